The summed E-state index contributed by atoms with van der Waals surface area (Å²) in [6.45, 7) is 5.10. The Kier molecular flexibility index (Phi) is 9.76. The number of hydrogen-bond acceptors (Lipinski definition) is 5. The first-order chi connectivity index (χ1) is 16.0. The van der Waals surface area contributed by atoms with Gasteiger partial charge in [0.2, 0.25) is 21.8 Å². The standard InChI is InChI=1S/C24H32ClN3O5S/c1-6-21(24(30)26-17(2)3)27(15-18-11-13-19(33-4)14-12-18)23(29)16-28(34(5,31)32)22-10-8-7-9-20(22)25/h7-14,17,21H,6,15-16H2,1-5H3,(H,26,30). The lowest BCUT2D eigenvalue weighted by molar-refractivity contribution is -0.140. The highest BCUT2D eigenvalue weighted by molar-refractivity contribution is 7.92. The lowest BCUT2D eigenvalue weighted by Crippen LogP contribution is -2.53. The third-order valence-electron chi connectivity index (χ3n) is 5.13. The van der Waals surface area contributed by atoms with Gasteiger partial charge in [-0.3, -0.25) is 13.9 Å². The van der Waals surface area contributed by atoms with Gasteiger partial charge in [-0.05, 0) is 50.1 Å². The number of carbonyl (C=O) groups is 2. The van der Waals surface area contributed by atoms with Crippen LogP contribution in [0.2, 0.25) is 5.02 Å². The summed E-state index contributed by atoms with van der Waals surface area (Å²) in [7, 11) is -2.28. The average Bonchev–Trinajstić information content (AvgIpc) is 2.77. The van der Waals surface area contributed by atoms with Gasteiger partial charge in [0.15, 0.2) is 0 Å². The monoisotopic (exact) mass is 509 g/mol. The van der Waals surface area contributed by atoms with E-state index >= 15 is 0 Å². The molecule has 2 amide bonds. The van der Waals surface area contributed by atoms with E-state index < -0.39 is 28.5 Å². The number of halogens is 1. The molecule has 8 nitrogen and oxygen atoms in total. The summed E-state index contributed by atoms with van der Waals surface area (Å²) in [5.41, 5.74) is 0.970. The van der Waals surface area contributed by atoms with Crippen molar-refractivity contribution in [2.45, 2.75) is 45.8 Å². The van der Waals surface area contributed by atoms with Crippen LogP contribution in [-0.2, 0) is 26.2 Å². The zero-order chi connectivity index (χ0) is 25.5. The molecule has 186 valence electrons. The highest BCUT2D eigenvalue weighted by Crippen LogP contribution is 2.27. The number of nitrogens with zero attached hydrogens (tertiary/aromatic N) is 2. The Hall–Kier alpha value is -2.78. The molecule has 0 aliphatic rings. The van der Waals surface area contributed by atoms with E-state index in [2.05, 4.69) is 5.32 Å². The minimum Gasteiger partial charge on any atom is -0.497 e. The Labute approximate surface area is 206 Å². The molecule has 1 unspecified atom stereocenters. The van der Waals surface area contributed by atoms with Crippen LogP contribution in [0.3, 0.4) is 0 Å². The maximum atomic E-state index is 13.6. The van der Waals surface area contributed by atoms with Crippen molar-refractivity contribution in [2.24, 2.45) is 0 Å². The molecule has 1 atom stereocenters. The molecule has 10 heteroatoms. The second-order valence-electron chi connectivity index (χ2n) is 8.18. The Morgan fingerprint density at radius 2 is 1.71 bits per heavy atom. The van der Waals surface area contributed by atoms with Crippen LogP contribution in [0.1, 0.15) is 32.8 Å². The van der Waals surface area contributed by atoms with Crippen molar-refractivity contribution in [1.82, 2.24) is 10.2 Å². The lowest BCUT2D eigenvalue weighted by Gasteiger charge is -2.33. The summed E-state index contributed by atoms with van der Waals surface area (Å²) >= 11 is 6.24. The number of carbonyl (C=O) groups excluding carboxylic acids is 2. The predicted octanol–water partition coefficient (Wildman–Crippen LogP) is 3.45. The predicted molar refractivity (Wildman–Crippen MR) is 135 cm³/mol. The van der Waals surface area contributed by atoms with Crippen LogP contribution >= 0.6 is 11.6 Å². The number of rotatable bonds is 11. The quantitative estimate of drug-likeness (QED) is 0.500. The summed E-state index contributed by atoms with van der Waals surface area (Å²) in [5, 5.41) is 3.05. The molecule has 0 aliphatic carbocycles. The summed E-state index contributed by atoms with van der Waals surface area (Å²) in [4.78, 5) is 27.9. The van der Waals surface area contributed by atoms with E-state index in [0.29, 0.717) is 12.2 Å². The first kappa shape index (κ1) is 27.5. The molecule has 2 rings (SSSR count). The van der Waals surface area contributed by atoms with E-state index in [9.17, 15) is 18.0 Å². The number of amides is 2. The van der Waals surface area contributed by atoms with Crippen LogP contribution in [0.5, 0.6) is 5.75 Å². The number of ether oxygens (including phenoxy) is 1. The molecule has 0 fully saturated rings. The van der Waals surface area contributed by atoms with Gasteiger partial charge >= 0.3 is 0 Å². The van der Waals surface area contributed by atoms with Gasteiger partial charge in [-0.1, -0.05) is 42.8 Å². The number of sulfonamides is 1. The van der Waals surface area contributed by atoms with E-state index in [4.69, 9.17) is 16.3 Å². The molecule has 0 heterocycles. The Bertz CT molecular complexity index is 1090. The number of para-hydroxylation sites is 1. The highest BCUT2D eigenvalue weighted by atomic mass is 35.5. The Morgan fingerprint density at radius 1 is 1.09 bits per heavy atom. The van der Waals surface area contributed by atoms with Crippen LogP contribution in [0.25, 0.3) is 0 Å². The molecule has 0 radical (unpaired) electrons. The number of benzene rings is 2. The van der Waals surface area contributed by atoms with E-state index in [1.807, 2.05) is 13.8 Å². The van der Waals surface area contributed by atoms with Crippen LogP contribution in [0.15, 0.2) is 48.5 Å². The molecule has 2 aromatic carbocycles. The molecule has 34 heavy (non-hydrogen) atoms. The van der Waals surface area contributed by atoms with Crippen molar-refractivity contribution < 1.29 is 22.7 Å². The van der Waals surface area contributed by atoms with Gasteiger partial charge in [0.1, 0.15) is 18.3 Å². The van der Waals surface area contributed by atoms with E-state index in [1.54, 1.807) is 56.5 Å². The molecule has 0 saturated heterocycles. The summed E-state index contributed by atoms with van der Waals surface area (Å²) in [5.74, 6) is -0.164. The number of nitrogens with one attached hydrogen (secondary N) is 1. The largest absolute Gasteiger partial charge is 0.497 e. The van der Waals surface area contributed by atoms with E-state index in [-0.39, 0.29) is 29.2 Å². The molecule has 2 aromatic rings. The fourth-order valence-electron chi connectivity index (χ4n) is 3.48. The van der Waals surface area contributed by atoms with Crippen molar-refractivity contribution in [3.05, 3.63) is 59.1 Å². The van der Waals surface area contributed by atoms with Crippen molar-refractivity contribution >= 4 is 39.1 Å². The number of anilines is 1. The van der Waals surface area contributed by atoms with Crippen molar-refractivity contribution in [3.8, 4) is 5.75 Å². The van der Waals surface area contributed by atoms with Crippen LogP contribution < -0.4 is 14.4 Å². The van der Waals surface area contributed by atoms with Crippen LogP contribution in [0.4, 0.5) is 5.69 Å². The van der Waals surface area contributed by atoms with Gasteiger partial charge in [-0.15, -0.1) is 0 Å². The van der Waals surface area contributed by atoms with Crippen molar-refractivity contribution in [2.75, 3.05) is 24.2 Å². The molecular weight excluding hydrogens is 478 g/mol. The molecule has 1 N–H and O–H groups in total. The van der Waals surface area contributed by atoms with Crippen molar-refractivity contribution in [3.63, 3.8) is 0 Å². The normalized spacial score (nSPS) is 12.2. The Morgan fingerprint density at radius 3 is 2.21 bits per heavy atom. The third-order valence-corrected chi connectivity index (χ3v) is 6.58. The average molecular weight is 510 g/mol. The van der Waals surface area contributed by atoms with Gasteiger partial charge in [-0.2, -0.15) is 0 Å². The van der Waals surface area contributed by atoms with E-state index in [0.717, 1.165) is 16.1 Å². The summed E-state index contributed by atoms with van der Waals surface area (Å²) < 4.78 is 31.3. The third kappa shape index (κ3) is 7.36. The van der Waals surface area contributed by atoms with Gasteiger partial charge < -0.3 is 15.0 Å². The zero-order valence-corrected chi connectivity index (χ0v) is 21.7. The second-order valence-corrected chi connectivity index (χ2v) is 10.5. The van der Waals surface area contributed by atoms with E-state index in [1.165, 1.54) is 11.0 Å². The zero-order valence-electron chi connectivity index (χ0n) is 20.1. The maximum Gasteiger partial charge on any atom is 0.244 e. The maximum absolute atomic E-state index is 13.6. The summed E-state index contributed by atoms with van der Waals surface area (Å²) in [6, 6.07) is 12.6. The fraction of sp³-hybridized carbons (Fsp3) is 0.417. The molecule has 0 saturated carbocycles. The summed E-state index contributed by atoms with van der Waals surface area (Å²) in [6.07, 6.45) is 1.37. The molecule has 0 aromatic heterocycles. The minimum atomic E-state index is -3.84. The van der Waals surface area contributed by atoms with Gasteiger partial charge in [0, 0.05) is 12.6 Å². The Balaban J connectivity index is 2.44. The number of methoxy groups -OCH3 is 1. The SMILES string of the molecule is CCC(C(=O)NC(C)C)N(Cc1ccc(OC)cc1)C(=O)CN(c1ccccc1Cl)S(C)(=O)=O. The van der Waals surface area contributed by atoms with Gasteiger partial charge in [0.25, 0.3) is 0 Å². The van der Waals surface area contributed by atoms with Gasteiger partial charge in [0.05, 0.1) is 24.1 Å². The first-order valence-electron chi connectivity index (χ1n) is 10.9. The highest BCUT2D eigenvalue weighted by Gasteiger charge is 2.32. The van der Waals surface area contributed by atoms with Crippen LogP contribution in [0, 0.1) is 0 Å². The molecule has 0 bridgehead atoms. The second kappa shape index (κ2) is 12.1. The topological polar surface area (TPSA) is 96.0 Å². The smallest absolute Gasteiger partial charge is 0.244 e. The van der Waals surface area contributed by atoms with Crippen molar-refractivity contribution in [1.29, 1.82) is 0 Å². The molecular formula is C24H32ClN3O5S. The molecule has 0 aliphatic heterocycles. The minimum absolute atomic E-state index is 0.116. The lowest BCUT2D eigenvalue weighted by atomic mass is 10.1. The molecule has 0 spiro atoms. The van der Waals surface area contributed by atoms with Crippen LogP contribution in [-0.4, -0.2) is 57.1 Å². The number of hydrogen-bond donors (Lipinski definition) is 1. The van der Waals surface area contributed by atoms with Gasteiger partial charge in [-0.25, -0.2) is 8.42 Å². The fourth-order valence-corrected chi connectivity index (χ4v) is 4.63. The first-order valence-corrected chi connectivity index (χ1v) is 13.2.